The molecule has 1 amide bonds. The van der Waals surface area contributed by atoms with Crippen LogP contribution in [-0.4, -0.2) is 5.91 Å². The van der Waals surface area contributed by atoms with E-state index >= 15 is 0 Å². The largest absolute Gasteiger partial charge is 0.369 e. The monoisotopic (exact) mass is 213 g/mol. The van der Waals surface area contributed by atoms with E-state index in [2.05, 4.69) is 0 Å². The second kappa shape index (κ2) is 4.77. The smallest absolute Gasteiger partial charge is 0.221 e. The Hall–Kier alpha value is -1.35. The summed E-state index contributed by atoms with van der Waals surface area (Å²) >= 11 is 5.67. The molecular weight excluding hydrogens is 205 g/mol. The molecular formula is C10H9ClFNO. The normalized spacial score (nSPS) is 10.7. The molecule has 0 aliphatic rings. The molecule has 0 spiro atoms. The van der Waals surface area contributed by atoms with Gasteiger partial charge in [0.15, 0.2) is 0 Å². The molecule has 0 aliphatic carbocycles. The van der Waals surface area contributed by atoms with Gasteiger partial charge in [-0.2, -0.15) is 0 Å². The predicted molar refractivity (Wildman–Crippen MR) is 54.3 cm³/mol. The minimum Gasteiger partial charge on any atom is -0.369 e. The van der Waals surface area contributed by atoms with Crippen molar-refractivity contribution in [3.05, 3.63) is 40.7 Å². The molecule has 0 fully saturated rings. The van der Waals surface area contributed by atoms with Crippen molar-refractivity contribution in [3.63, 3.8) is 0 Å². The van der Waals surface area contributed by atoms with E-state index in [1.54, 1.807) is 0 Å². The van der Waals surface area contributed by atoms with E-state index in [0.29, 0.717) is 10.6 Å². The lowest BCUT2D eigenvalue weighted by molar-refractivity contribution is -0.117. The van der Waals surface area contributed by atoms with Gasteiger partial charge in [0.05, 0.1) is 0 Å². The van der Waals surface area contributed by atoms with Crippen molar-refractivity contribution in [2.45, 2.75) is 6.42 Å². The molecule has 0 heterocycles. The van der Waals surface area contributed by atoms with Crippen LogP contribution in [0.3, 0.4) is 0 Å². The summed E-state index contributed by atoms with van der Waals surface area (Å²) in [6.45, 7) is 0. The third-order valence-corrected chi connectivity index (χ3v) is 1.81. The first-order valence-electron chi connectivity index (χ1n) is 3.99. The Morgan fingerprint density at radius 3 is 2.93 bits per heavy atom. The average Bonchev–Trinajstić information content (AvgIpc) is 2.10. The maximum absolute atomic E-state index is 13.1. The zero-order chi connectivity index (χ0) is 10.6. The number of benzene rings is 1. The topological polar surface area (TPSA) is 43.1 Å². The third kappa shape index (κ3) is 3.18. The zero-order valence-electron chi connectivity index (χ0n) is 7.34. The maximum Gasteiger partial charge on any atom is 0.221 e. The van der Waals surface area contributed by atoms with Gasteiger partial charge in [-0.1, -0.05) is 23.8 Å². The van der Waals surface area contributed by atoms with Crippen LogP contribution in [0.5, 0.6) is 0 Å². The highest BCUT2D eigenvalue weighted by atomic mass is 35.5. The molecule has 0 aromatic heterocycles. The minimum atomic E-state index is -0.455. The van der Waals surface area contributed by atoms with Gasteiger partial charge < -0.3 is 5.73 Å². The molecule has 1 aromatic carbocycles. The standard InChI is InChI=1S/C10H9ClFNO/c11-8-4-5-9(12)7(6-8)2-1-3-10(13)14/h1-2,4-6H,3H2,(H2,13,14). The van der Waals surface area contributed by atoms with Gasteiger partial charge in [0.1, 0.15) is 5.82 Å². The number of carbonyl (C=O) groups is 1. The third-order valence-electron chi connectivity index (χ3n) is 1.57. The maximum atomic E-state index is 13.1. The van der Waals surface area contributed by atoms with Crippen molar-refractivity contribution < 1.29 is 9.18 Å². The SMILES string of the molecule is NC(=O)CC=Cc1cc(Cl)ccc1F. The van der Waals surface area contributed by atoms with Crippen LogP contribution in [0, 0.1) is 5.82 Å². The fraction of sp³-hybridized carbons (Fsp3) is 0.100. The molecule has 0 unspecified atom stereocenters. The van der Waals surface area contributed by atoms with E-state index in [0.717, 1.165) is 0 Å². The second-order valence-corrected chi connectivity index (χ2v) is 3.18. The summed E-state index contributed by atoms with van der Waals surface area (Å²) < 4.78 is 13.1. The predicted octanol–water partition coefficient (Wildman–Crippen LogP) is 2.37. The Balaban J connectivity index is 2.80. The first-order chi connectivity index (χ1) is 6.59. The number of halogens is 2. The first kappa shape index (κ1) is 10.7. The quantitative estimate of drug-likeness (QED) is 0.823. The molecule has 1 aromatic rings. The van der Waals surface area contributed by atoms with Crippen molar-refractivity contribution in [1.29, 1.82) is 0 Å². The van der Waals surface area contributed by atoms with E-state index in [1.165, 1.54) is 30.4 Å². The van der Waals surface area contributed by atoms with E-state index in [9.17, 15) is 9.18 Å². The van der Waals surface area contributed by atoms with Gasteiger partial charge in [0.2, 0.25) is 5.91 Å². The molecule has 4 heteroatoms. The highest BCUT2D eigenvalue weighted by Gasteiger charge is 1.98. The second-order valence-electron chi connectivity index (χ2n) is 2.74. The number of nitrogens with two attached hydrogens (primary N) is 1. The van der Waals surface area contributed by atoms with Crippen LogP contribution in [0.25, 0.3) is 6.08 Å². The number of hydrogen-bond acceptors (Lipinski definition) is 1. The Kier molecular flexibility index (Phi) is 3.65. The highest BCUT2D eigenvalue weighted by Crippen LogP contribution is 2.16. The van der Waals surface area contributed by atoms with Crippen molar-refractivity contribution >= 4 is 23.6 Å². The summed E-state index contributed by atoms with van der Waals surface area (Å²) in [5.74, 6) is -0.834. The number of carbonyl (C=O) groups excluding carboxylic acids is 1. The summed E-state index contributed by atoms with van der Waals surface area (Å²) in [7, 11) is 0. The lowest BCUT2D eigenvalue weighted by Crippen LogP contribution is -2.07. The Morgan fingerprint density at radius 1 is 1.57 bits per heavy atom. The lowest BCUT2D eigenvalue weighted by Gasteiger charge is -1.96. The van der Waals surface area contributed by atoms with Gasteiger partial charge in [-0.25, -0.2) is 4.39 Å². The number of rotatable bonds is 3. The molecule has 1 rings (SSSR count). The number of hydrogen-bond donors (Lipinski definition) is 1. The number of primary amides is 1. The zero-order valence-corrected chi connectivity index (χ0v) is 8.09. The fourth-order valence-corrected chi connectivity index (χ4v) is 1.12. The summed E-state index contributed by atoms with van der Waals surface area (Å²) in [5, 5.41) is 0.449. The van der Waals surface area contributed by atoms with Crippen LogP contribution >= 0.6 is 11.6 Å². The van der Waals surface area contributed by atoms with Crippen molar-refractivity contribution in [2.24, 2.45) is 5.73 Å². The molecule has 0 saturated heterocycles. The van der Waals surface area contributed by atoms with Crippen molar-refractivity contribution in [1.82, 2.24) is 0 Å². The van der Waals surface area contributed by atoms with Crippen molar-refractivity contribution in [2.75, 3.05) is 0 Å². The Bertz CT molecular complexity index is 376. The molecule has 0 atom stereocenters. The lowest BCUT2D eigenvalue weighted by atomic mass is 10.2. The van der Waals surface area contributed by atoms with Gasteiger partial charge in [-0.05, 0) is 18.2 Å². The minimum absolute atomic E-state index is 0.0892. The molecule has 2 N–H and O–H groups in total. The van der Waals surface area contributed by atoms with E-state index < -0.39 is 5.91 Å². The van der Waals surface area contributed by atoms with Gasteiger partial charge in [0, 0.05) is 17.0 Å². The van der Waals surface area contributed by atoms with Crippen LogP contribution in [-0.2, 0) is 4.79 Å². The number of amides is 1. The Morgan fingerprint density at radius 2 is 2.29 bits per heavy atom. The van der Waals surface area contributed by atoms with E-state index in [4.69, 9.17) is 17.3 Å². The van der Waals surface area contributed by atoms with Gasteiger partial charge in [-0.3, -0.25) is 4.79 Å². The van der Waals surface area contributed by atoms with Crippen LogP contribution in [0.4, 0.5) is 4.39 Å². The summed E-state index contributed by atoms with van der Waals surface area (Å²) in [6, 6.07) is 4.21. The summed E-state index contributed by atoms with van der Waals surface area (Å²) in [5.41, 5.74) is 5.26. The fourth-order valence-electron chi connectivity index (χ4n) is 0.944. The molecule has 0 bridgehead atoms. The van der Waals surface area contributed by atoms with Crippen LogP contribution < -0.4 is 5.73 Å². The van der Waals surface area contributed by atoms with Crippen LogP contribution in [0.15, 0.2) is 24.3 Å². The van der Waals surface area contributed by atoms with Crippen molar-refractivity contribution in [3.8, 4) is 0 Å². The van der Waals surface area contributed by atoms with Crippen LogP contribution in [0.2, 0.25) is 5.02 Å². The van der Waals surface area contributed by atoms with E-state index in [1.807, 2.05) is 0 Å². The molecule has 0 radical (unpaired) electrons. The average molecular weight is 214 g/mol. The highest BCUT2D eigenvalue weighted by molar-refractivity contribution is 6.30. The molecule has 14 heavy (non-hydrogen) atoms. The van der Waals surface area contributed by atoms with Gasteiger partial charge >= 0.3 is 0 Å². The van der Waals surface area contributed by atoms with E-state index in [-0.39, 0.29) is 12.2 Å². The van der Waals surface area contributed by atoms with Gasteiger partial charge in [-0.15, -0.1) is 0 Å². The first-order valence-corrected chi connectivity index (χ1v) is 4.37. The molecule has 2 nitrogen and oxygen atoms in total. The van der Waals surface area contributed by atoms with Crippen LogP contribution in [0.1, 0.15) is 12.0 Å². The summed E-state index contributed by atoms with van der Waals surface area (Å²) in [4.78, 5) is 10.4. The van der Waals surface area contributed by atoms with Gasteiger partial charge in [0.25, 0.3) is 0 Å². The molecule has 0 aliphatic heterocycles. The summed E-state index contributed by atoms with van der Waals surface area (Å²) in [6.07, 6.45) is 3.06. The molecule has 74 valence electrons. The molecule has 0 saturated carbocycles. The Labute approximate surface area is 86.2 Å².